The van der Waals surface area contributed by atoms with Gasteiger partial charge in [0.2, 0.25) is 0 Å². The van der Waals surface area contributed by atoms with E-state index in [4.69, 9.17) is 0 Å². The van der Waals surface area contributed by atoms with E-state index in [2.05, 4.69) is 6.92 Å². The molecule has 180 valence electrons. The standard InChI is InChI=1S/C28H56O2.K/c1-2-3-4-5-6-7-8-9-10-11-12-13-14-15-16-17-18-19-20-21-22-23-24-25-26-27-28(29)30;/h2-27H2,1H3,(H,29,30);/q;+1/p-1. The fourth-order valence-corrected chi connectivity index (χ4v) is 4.41. The normalized spacial score (nSPS) is 10.9. The van der Waals surface area contributed by atoms with Crippen LogP contribution >= 0.6 is 0 Å². The molecular formula is C28H55KO2. The fourth-order valence-electron chi connectivity index (χ4n) is 4.41. The van der Waals surface area contributed by atoms with Gasteiger partial charge < -0.3 is 9.90 Å². The van der Waals surface area contributed by atoms with Gasteiger partial charge in [0.25, 0.3) is 0 Å². The molecule has 0 saturated heterocycles. The average Bonchev–Trinajstić information content (AvgIpc) is 2.73. The number of carbonyl (C=O) groups is 1. The van der Waals surface area contributed by atoms with Gasteiger partial charge in [0.1, 0.15) is 0 Å². The van der Waals surface area contributed by atoms with Crippen LogP contribution in [0.4, 0.5) is 0 Å². The van der Waals surface area contributed by atoms with Gasteiger partial charge in [-0.2, -0.15) is 0 Å². The van der Waals surface area contributed by atoms with E-state index in [-0.39, 0.29) is 57.8 Å². The Hall–Kier alpha value is 1.11. The predicted octanol–water partition coefficient (Wildman–Crippen LogP) is 5.90. The van der Waals surface area contributed by atoms with Gasteiger partial charge in [-0.1, -0.05) is 161 Å². The van der Waals surface area contributed by atoms with E-state index in [9.17, 15) is 9.90 Å². The summed E-state index contributed by atoms with van der Waals surface area (Å²) in [5, 5.41) is 10.3. The van der Waals surface area contributed by atoms with Crippen molar-refractivity contribution in [3.63, 3.8) is 0 Å². The molecule has 0 spiro atoms. The Labute approximate surface area is 238 Å². The molecule has 0 aliphatic rings. The second-order valence-corrected chi connectivity index (χ2v) is 9.61. The summed E-state index contributed by atoms with van der Waals surface area (Å²) in [6.07, 6.45) is 34.6. The Morgan fingerprint density at radius 2 is 0.613 bits per heavy atom. The Kier molecular flexibility index (Phi) is 34.4. The summed E-state index contributed by atoms with van der Waals surface area (Å²) < 4.78 is 0. The van der Waals surface area contributed by atoms with E-state index < -0.39 is 5.97 Å². The molecule has 0 atom stereocenters. The largest absolute Gasteiger partial charge is 1.00 e. The minimum Gasteiger partial charge on any atom is -0.550 e. The van der Waals surface area contributed by atoms with Crippen LogP contribution in [0, 0.1) is 0 Å². The number of aliphatic carboxylic acids is 1. The molecule has 0 aromatic carbocycles. The molecule has 0 aliphatic carbocycles. The van der Waals surface area contributed by atoms with Crippen LogP contribution in [0.15, 0.2) is 0 Å². The summed E-state index contributed by atoms with van der Waals surface area (Å²) in [4.78, 5) is 10.3. The third-order valence-electron chi connectivity index (χ3n) is 6.48. The van der Waals surface area contributed by atoms with Crippen molar-refractivity contribution in [2.75, 3.05) is 0 Å². The van der Waals surface area contributed by atoms with E-state index in [1.165, 1.54) is 148 Å². The molecule has 0 saturated carbocycles. The molecule has 0 heterocycles. The minimum absolute atomic E-state index is 0. The monoisotopic (exact) mass is 462 g/mol. The van der Waals surface area contributed by atoms with Crippen molar-refractivity contribution >= 4 is 5.97 Å². The molecule has 0 fully saturated rings. The van der Waals surface area contributed by atoms with Crippen molar-refractivity contribution in [1.29, 1.82) is 0 Å². The number of carbonyl (C=O) groups excluding carboxylic acids is 1. The van der Waals surface area contributed by atoms with E-state index in [1.54, 1.807) is 0 Å². The molecule has 2 nitrogen and oxygen atoms in total. The molecule has 0 bridgehead atoms. The van der Waals surface area contributed by atoms with Gasteiger partial charge in [-0.15, -0.1) is 0 Å². The first-order valence-corrected chi connectivity index (χ1v) is 14.0. The number of unbranched alkanes of at least 4 members (excludes halogenated alkanes) is 24. The molecular weight excluding hydrogens is 407 g/mol. The van der Waals surface area contributed by atoms with Gasteiger partial charge in [-0.3, -0.25) is 0 Å². The number of rotatable bonds is 26. The smallest absolute Gasteiger partial charge is 0.550 e. The van der Waals surface area contributed by atoms with Gasteiger partial charge in [0.15, 0.2) is 0 Å². The molecule has 31 heavy (non-hydrogen) atoms. The fraction of sp³-hybridized carbons (Fsp3) is 0.964. The third-order valence-corrected chi connectivity index (χ3v) is 6.48. The summed E-state index contributed by atoms with van der Waals surface area (Å²) in [5.74, 6) is -0.899. The van der Waals surface area contributed by atoms with Crippen LogP contribution in [0.3, 0.4) is 0 Å². The first-order chi connectivity index (χ1) is 14.8. The molecule has 0 radical (unpaired) electrons. The summed E-state index contributed by atoms with van der Waals surface area (Å²) >= 11 is 0. The van der Waals surface area contributed by atoms with Crippen molar-refractivity contribution in [2.24, 2.45) is 0 Å². The second kappa shape index (κ2) is 31.1. The zero-order valence-electron chi connectivity index (χ0n) is 21.7. The summed E-state index contributed by atoms with van der Waals surface area (Å²) in [6, 6.07) is 0. The maximum atomic E-state index is 10.3. The van der Waals surface area contributed by atoms with Crippen LogP contribution in [0.1, 0.15) is 174 Å². The molecule has 0 rings (SSSR count). The van der Waals surface area contributed by atoms with Gasteiger partial charge in [0.05, 0.1) is 0 Å². The number of hydrogen-bond donors (Lipinski definition) is 0. The second-order valence-electron chi connectivity index (χ2n) is 9.61. The van der Waals surface area contributed by atoms with Crippen LogP contribution in [-0.2, 0) is 4.79 Å². The maximum Gasteiger partial charge on any atom is 1.00 e. The van der Waals surface area contributed by atoms with E-state index >= 15 is 0 Å². The maximum absolute atomic E-state index is 10.3. The van der Waals surface area contributed by atoms with Gasteiger partial charge in [0, 0.05) is 5.97 Å². The summed E-state index contributed by atoms with van der Waals surface area (Å²) in [5.41, 5.74) is 0. The van der Waals surface area contributed by atoms with Crippen molar-refractivity contribution in [1.82, 2.24) is 0 Å². The van der Waals surface area contributed by atoms with E-state index in [0.717, 1.165) is 12.8 Å². The van der Waals surface area contributed by atoms with E-state index in [0.29, 0.717) is 0 Å². The third kappa shape index (κ3) is 33.4. The minimum atomic E-state index is -0.899. The number of carboxylic acids is 1. The molecule has 0 aliphatic heterocycles. The van der Waals surface area contributed by atoms with Crippen LogP contribution in [0.2, 0.25) is 0 Å². The number of hydrogen-bond acceptors (Lipinski definition) is 2. The topological polar surface area (TPSA) is 40.1 Å². The van der Waals surface area contributed by atoms with Gasteiger partial charge >= 0.3 is 51.4 Å². The quantitative estimate of drug-likeness (QED) is 0.118. The summed E-state index contributed by atoms with van der Waals surface area (Å²) in [7, 11) is 0. The van der Waals surface area contributed by atoms with Crippen LogP contribution in [-0.4, -0.2) is 5.97 Å². The van der Waals surface area contributed by atoms with Gasteiger partial charge in [-0.25, -0.2) is 0 Å². The van der Waals surface area contributed by atoms with Crippen LogP contribution < -0.4 is 56.5 Å². The number of carboxylic acid groups (broad SMARTS) is 1. The Bertz CT molecular complexity index is 333. The van der Waals surface area contributed by atoms with Crippen molar-refractivity contribution in [2.45, 2.75) is 174 Å². The van der Waals surface area contributed by atoms with Crippen molar-refractivity contribution in [3.8, 4) is 0 Å². The summed E-state index contributed by atoms with van der Waals surface area (Å²) in [6.45, 7) is 2.29. The van der Waals surface area contributed by atoms with Crippen LogP contribution in [0.25, 0.3) is 0 Å². The molecule has 0 N–H and O–H groups in total. The average molecular weight is 463 g/mol. The zero-order chi connectivity index (χ0) is 22.0. The molecule has 3 heteroatoms. The van der Waals surface area contributed by atoms with Gasteiger partial charge in [-0.05, 0) is 12.8 Å². The Morgan fingerprint density at radius 1 is 0.419 bits per heavy atom. The Balaban J connectivity index is 0. The molecule has 0 aromatic rings. The van der Waals surface area contributed by atoms with Crippen molar-refractivity contribution < 1.29 is 61.3 Å². The zero-order valence-corrected chi connectivity index (χ0v) is 24.8. The Morgan fingerprint density at radius 3 is 0.806 bits per heavy atom. The SMILES string of the molecule is CCCCCCCCCCCCCCCCCCCCCCCCCCCC(=O)[O-].[K+]. The predicted molar refractivity (Wildman–Crippen MR) is 131 cm³/mol. The van der Waals surface area contributed by atoms with Crippen LogP contribution in [0.5, 0.6) is 0 Å². The molecule has 0 aromatic heterocycles. The van der Waals surface area contributed by atoms with E-state index in [1.807, 2.05) is 0 Å². The first-order valence-electron chi connectivity index (χ1n) is 14.0. The molecule has 0 unspecified atom stereocenters. The first kappa shape index (κ1) is 34.3. The van der Waals surface area contributed by atoms with Crippen molar-refractivity contribution in [3.05, 3.63) is 0 Å². The molecule has 0 amide bonds.